The van der Waals surface area contributed by atoms with Crippen LogP contribution in [0.4, 0.5) is 0 Å². The van der Waals surface area contributed by atoms with Crippen molar-refractivity contribution in [1.82, 2.24) is 0 Å². The van der Waals surface area contributed by atoms with E-state index in [0.717, 1.165) is 41.4 Å². The molecule has 38 heavy (non-hydrogen) atoms. The van der Waals surface area contributed by atoms with Crippen molar-refractivity contribution in [2.24, 2.45) is 0 Å². The fourth-order valence-corrected chi connectivity index (χ4v) is 6.74. The van der Waals surface area contributed by atoms with Gasteiger partial charge >= 0.3 is 0 Å². The first-order chi connectivity index (χ1) is 18.1. The van der Waals surface area contributed by atoms with E-state index in [-0.39, 0.29) is 23.4 Å². The minimum atomic E-state index is -0.0507. The van der Waals surface area contributed by atoms with Crippen LogP contribution in [0.5, 0.6) is 23.0 Å². The quantitative estimate of drug-likeness (QED) is 0.173. The van der Waals surface area contributed by atoms with Gasteiger partial charge in [0.05, 0.1) is 6.10 Å². The van der Waals surface area contributed by atoms with E-state index < -0.39 is 0 Å². The van der Waals surface area contributed by atoms with Gasteiger partial charge in [0.15, 0.2) is 0 Å². The van der Waals surface area contributed by atoms with Crippen LogP contribution in [0.2, 0.25) is 0 Å². The first-order valence-corrected chi connectivity index (χ1v) is 14.7. The van der Waals surface area contributed by atoms with Gasteiger partial charge in [0.1, 0.15) is 23.0 Å². The molecule has 0 atom stereocenters. The summed E-state index contributed by atoms with van der Waals surface area (Å²) >= 11 is 10.8. The minimum absolute atomic E-state index is 0.0507. The molecule has 3 N–H and O–H groups in total. The van der Waals surface area contributed by atoms with Crippen molar-refractivity contribution in [3.8, 4) is 23.0 Å². The average molecular weight is 703 g/mol. The lowest BCUT2D eigenvalue weighted by atomic mass is 9.91. The van der Waals surface area contributed by atoms with E-state index in [4.69, 9.17) is 4.74 Å². The number of para-hydroxylation sites is 1. The van der Waals surface area contributed by atoms with Gasteiger partial charge in [-0.1, -0.05) is 66.0 Å². The van der Waals surface area contributed by atoms with Crippen LogP contribution in [0.3, 0.4) is 0 Å². The van der Waals surface area contributed by atoms with Gasteiger partial charge in [0, 0.05) is 39.1 Å². The Morgan fingerprint density at radius 2 is 0.842 bits per heavy atom. The molecular weight excluding hydrogens is 676 g/mol. The number of fused-ring (bicyclic) bond motifs is 8. The lowest BCUT2D eigenvalue weighted by Crippen LogP contribution is -2.11. The molecule has 0 saturated carbocycles. The topological polar surface area (TPSA) is 69.9 Å². The molecule has 0 amide bonds. The van der Waals surface area contributed by atoms with E-state index in [1.54, 1.807) is 0 Å². The number of benzene rings is 4. The van der Waals surface area contributed by atoms with E-state index in [1.807, 2.05) is 68.4 Å². The van der Waals surface area contributed by atoms with Gasteiger partial charge in [-0.25, -0.2) is 0 Å². The van der Waals surface area contributed by atoms with Gasteiger partial charge in [-0.05, 0) is 94.8 Å². The second-order valence-electron chi connectivity index (χ2n) is 10.00. The van der Waals surface area contributed by atoms with Crippen LogP contribution >= 0.6 is 47.8 Å². The maximum Gasteiger partial charge on any atom is 0.126 e. The summed E-state index contributed by atoms with van der Waals surface area (Å²) in [6.45, 7) is 3.99. The van der Waals surface area contributed by atoms with Gasteiger partial charge in [-0.15, -0.1) is 0 Å². The summed E-state index contributed by atoms with van der Waals surface area (Å²) in [5.41, 5.74) is 6.19. The van der Waals surface area contributed by atoms with E-state index in [0.29, 0.717) is 47.9 Å². The number of phenolic OH excluding ortho intramolecular Hbond substituents is 3. The zero-order chi connectivity index (χ0) is 27.1. The molecule has 0 fully saturated rings. The SMILES string of the molecule is CC(C)Oc1c2cccc1Cc1cc(Br)cc(c1O)Cc1cc(Br)cc(c1O)Cc1cc(Br)cc(c1O)C2. The molecule has 7 heteroatoms. The number of aromatic hydroxyl groups is 3. The average Bonchev–Trinajstić information content (AvgIpc) is 2.83. The molecule has 1 aliphatic carbocycles. The number of phenols is 3. The molecule has 0 spiro atoms. The zero-order valence-corrected chi connectivity index (χ0v) is 25.7. The van der Waals surface area contributed by atoms with Crippen molar-refractivity contribution < 1.29 is 20.1 Å². The summed E-state index contributed by atoms with van der Waals surface area (Å²) in [4.78, 5) is 0. The number of rotatable bonds is 2. The standard InChI is InChI=1S/C31H27Br3O4/c1-16(2)38-31-17-4-3-5-18(31)7-20-11-26(33)13-22(29(20)36)9-24-15-27(34)14-23(30(24)37)8-21-12-25(32)10-19(6-17)28(21)35/h3-5,10-16,35-37H,6-9H2,1-2H3. The third-order valence-corrected chi connectivity index (χ3v) is 8.13. The second-order valence-corrected chi connectivity index (χ2v) is 12.7. The summed E-state index contributed by atoms with van der Waals surface area (Å²) in [7, 11) is 0. The first-order valence-electron chi connectivity index (χ1n) is 12.4. The molecule has 0 unspecified atom stereocenters. The zero-order valence-electron chi connectivity index (χ0n) is 21.0. The molecule has 8 bridgehead atoms. The minimum Gasteiger partial charge on any atom is -0.507 e. The Labute approximate surface area is 247 Å². The lowest BCUT2D eigenvalue weighted by molar-refractivity contribution is 0.238. The summed E-state index contributed by atoms with van der Waals surface area (Å²) < 4.78 is 8.86. The van der Waals surface area contributed by atoms with Gasteiger partial charge in [0.2, 0.25) is 0 Å². The molecule has 196 valence electrons. The number of ether oxygens (including phenoxy) is 1. The summed E-state index contributed by atoms with van der Waals surface area (Å²) in [6.07, 6.45) is 1.54. The van der Waals surface area contributed by atoms with Gasteiger partial charge < -0.3 is 20.1 Å². The van der Waals surface area contributed by atoms with Crippen LogP contribution in [0, 0.1) is 0 Å². The maximum atomic E-state index is 11.4. The van der Waals surface area contributed by atoms with E-state index >= 15 is 0 Å². The highest BCUT2D eigenvalue weighted by Gasteiger charge is 2.21. The van der Waals surface area contributed by atoms with Crippen molar-refractivity contribution in [2.45, 2.75) is 45.6 Å². The molecule has 0 radical (unpaired) electrons. The van der Waals surface area contributed by atoms with Crippen molar-refractivity contribution >= 4 is 47.8 Å². The molecule has 4 aromatic rings. The predicted molar refractivity (Wildman–Crippen MR) is 161 cm³/mol. The highest BCUT2D eigenvalue weighted by molar-refractivity contribution is 9.11. The molecule has 5 rings (SSSR count). The van der Waals surface area contributed by atoms with E-state index in [1.165, 1.54) is 0 Å². The lowest BCUT2D eigenvalue weighted by Gasteiger charge is -2.21. The van der Waals surface area contributed by atoms with E-state index in [9.17, 15) is 15.3 Å². The molecular formula is C31H27Br3O4. The molecule has 4 aromatic carbocycles. The Balaban J connectivity index is 1.78. The third kappa shape index (κ3) is 5.61. The molecule has 0 aliphatic heterocycles. The fraction of sp³-hybridized carbons (Fsp3) is 0.226. The first kappa shape index (κ1) is 27.1. The van der Waals surface area contributed by atoms with Crippen molar-refractivity contribution in [3.05, 3.63) is 113 Å². The predicted octanol–water partition coefficient (Wildman–Crippen LogP) is 8.55. The fourth-order valence-electron chi connectivity index (χ4n) is 5.09. The normalized spacial score (nSPS) is 13.0. The van der Waals surface area contributed by atoms with Crippen molar-refractivity contribution in [1.29, 1.82) is 0 Å². The summed E-state index contributed by atoms with van der Waals surface area (Å²) in [6, 6.07) is 17.4. The van der Waals surface area contributed by atoms with Crippen LogP contribution in [0.15, 0.2) is 68.0 Å². The van der Waals surface area contributed by atoms with Gasteiger partial charge in [0.25, 0.3) is 0 Å². The highest BCUT2D eigenvalue weighted by atomic mass is 79.9. The highest BCUT2D eigenvalue weighted by Crippen LogP contribution is 2.40. The summed E-state index contributed by atoms with van der Waals surface area (Å²) in [5, 5.41) is 34.0. The number of hydrogen-bond donors (Lipinski definition) is 3. The van der Waals surface area contributed by atoms with Gasteiger partial charge in [-0.2, -0.15) is 0 Å². The maximum absolute atomic E-state index is 11.4. The van der Waals surface area contributed by atoms with Crippen LogP contribution in [0.1, 0.15) is 58.4 Å². The monoisotopic (exact) mass is 700 g/mol. The summed E-state index contributed by atoms with van der Waals surface area (Å²) in [5.74, 6) is 1.33. The van der Waals surface area contributed by atoms with Crippen molar-refractivity contribution in [3.63, 3.8) is 0 Å². The number of halogens is 3. The van der Waals surface area contributed by atoms with Crippen LogP contribution in [-0.4, -0.2) is 21.4 Å². The Hall–Kier alpha value is -2.48. The molecule has 0 saturated heterocycles. The Morgan fingerprint density at radius 3 is 1.13 bits per heavy atom. The van der Waals surface area contributed by atoms with Crippen molar-refractivity contribution in [2.75, 3.05) is 0 Å². The van der Waals surface area contributed by atoms with Crippen LogP contribution in [0.25, 0.3) is 0 Å². The van der Waals surface area contributed by atoms with Crippen LogP contribution in [-0.2, 0) is 25.7 Å². The van der Waals surface area contributed by atoms with Crippen LogP contribution < -0.4 is 4.74 Å². The van der Waals surface area contributed by atoms with Gasteiger partial charge in [-0.3, -0.25) is 0 Å². The molecule has 1 aliphatic rings. The third-order valence-electron chi connectivity index (χ3n) is 6.75. The number of hydrogen-bond acceptors (Lipinski definition) is 4. The molecule has 0 heterocycles. The molecule has 0 aromatic heterocycles. The largest absolute Gasteiger partial charge is 0.507 e. The molecule has 4 nitrogen and oxygen atoms in total. The Kier molecular flexibility index (Phi) is 7.81. The Bertz CT molecular complexity index is 1440. The smallest absolute Gasteiger partial charge is 0.126 e. The Morgan fingerprint density at radius 1 is 0.553 bits per heavy atom. The second kappa shape index (κ2) is 10.9. The van der Waals surface area contributed by atoms with E-state index in [2.05, 4.69) is 47.8 Å².